The van der Waals surface area contributed by atoms with Gasteiger partial charge in [-0.1, -0.05) is 85.8 Å². The Morgan fingerprint density at radius 1 is 0.628 bits per heavy atom. The lowest BCUT2D eigenvalue weighted by Crippen LogP contribution is -2.26. The molecule has 4 nitrogen and oxygen atoms in total. The predicted octanol–water partition coefficient (Wildman–Crippen LogP) is 7.02. The zero-order chi connectivity index (χ0) is 29.9. The fourth-order valence-corrected chi connectivity index (χ4v) is 6.09. The fourth-order valence-electron chi connectivity index (χ4n) is 6.09. The van der Waals surface area contributed by atoms with Crippen molar-refractivity contribution in [2.75, 3.05) is 0 Å². The fraction of sp³-hybridized carbons (Fsp3) is 0.0769. The van der Waals surface area contributed by atoms with Crippen LogP contribution in [0.15, 0.2) is 132 Å². The highest BCUT2D eigenvalue weighted by atomic mass is 14.4. The van der Waals surface area contributed by atoms with E-state index in [-0.39, 0.29) is 11.5 Å². The Kier molecular flexibility index (Phi) is 7.13. The van der Waals surface area contributed by atoms with Crippen LogP contribution < -0.4 is 10.4 Å². The van der Waals surface area contributed by atoms with E-state index in [1.807, 2.05) is 60.7 Å². The van der Waals surface area contributed by atoms with E-state index in [0.717, 1.165) is 55.0 Å². The second-order valence-corrected chi connectivity index (χ2v) is 10.6. The van der Waals surface area contributed by atoms with E-state index in [2.05, 4.69) is 67.6 Å². The highest BCUT2D eigenvalue weighted by Crippen LogP contribution is 2.42. The molecule has 4 aromatic carbocycles. The van der Waals surface area contributed by atoms with Gasteiger partial charge in [0, 0.05) is 11.1 Å². The topological polar surface area (TPSA) is 95.2 Å². The molecule has 0 bridgehead atoms. The van der Waals surface area contributed by atoms with Crippen molar-refractivity contribution in [1.29, 1.82) is 21.0 Å². The lowest BCUT2D eigenvalue weighted by molar-refractivity contribution is 0.692. The molecular weight excluding hydrogens is 524 g/mol. The summed E-state index contributed by atoms with van der Waals surface area (Å²) < 4.78 is 0. The van der Waals surface area contributed by atoms with E-state index in [4.69, 9.17) is 0 Å². The van der Waals surface area contributed by atoms with Gasteiger partial charge in [0.1, 0.15) is 17.7 Å². The molecule has 0 saturated heterocycles. The van der Waals surface area contributed by atoms with Gasteiger partial charge in [0.25, 0.3) is 0 Å². The highest BCUT2D eigenvalue weighted by Gasteiger charge is 2.31. The van der Waals surface area contributed by atoms with Crippen molar-refractivity contribution in [2.24, 2.45) is 5.92 Å². The van der Waals surface area contributed by atoms with Crippen LogP contribution in [0.3, 0.4) is 0 Å². The van der Waals surface area contributed by atoms with Crippen LogP contribution in [0.4, 0.5) is 0 Å². The quantitative estimate of drug-likeness (QED) is 0.256. The summed E-state index contributed by atoms with van der Waals surface area (Å²) in [6.45, 7) is 2.08. The summed E-state index contributed by atoms with van der Waals surface area (Å²) in [4.78, 5) is 0. The molecule has 200 valence electrons. The van der Waals surface area contributed by atoms with Crippen molar-refractivity contribution >= 4 is 11.1 Å². The zero-order valence-corrected chi connectivity index (χ0v) is 23.5. The molecule has 4 aromatic rings. The Labute approximate surface area is 250 Å². The average molecular weight is 549 g/mol. The third kappa shape index (κ3) is 4.75. The van der Waals surface area contributed by atoms with Crippen molar-refractivity contribution in [3.05, 3.63) is 153 Å². The summed E-state index contributed by atoms with van der Waals surface area (Å²) in [6, 6.07) is 40.9. The Balaban J connectivity index is 1.84. The van der Waals surface area contributed by atoms with Crippen molar-refractivity contribution in [3.8, 4) is 46.5 Å². The molecule has 0 N–H and O–H groups in total. The second-order valence-electron chi connectivity index (χ2n) is 10.6. The molecule has 1 atom stereocenters. The summed E-state index contributed by atoms with van der Waals surface area (Å²) in [5.74, 6) is -0.00887. The van der Waals surface area contributed by atoms with Gasteiger partial charge in [-0.2, -0.15) is 21.0 Å². The first-order valence-corrected chi connectivity index (χ1v) is 14.0. The Hall–Kier alpha value is -6.20. The number of nitrogens with zero attached hydrogens (tertiary/aromatic N) is 4. The Morgan fingerprint density at radius 3 is 1.67 bits per heavy atom. The first kappa shape index (κ1) is 27.0. The molecule has 43 heavy (non-hydrogen) atoms. The maximum absolute atomic E-state index is 10.3. The molecular formula is C39H24N4. The van der Waals surface area contributed by atoms with Crippen molar-refractivity contribution in [3.63, 3.8) is 0 Å². The van der Waals surface area contributed by atoms with Gasteiger partial charge in [0.05, 0.1) is 17.7 Å². The number of nitriles is 4. The normalized spacial score (nSPS) is 15.3. The number of benzene rings is 4. The Bertz CT molecular complexity index is 2150. The molecule has 0 fully saturated rings. The van der Waals surface area contributed by atoms with E-state index >= 15 is 0 Å². The minimum Gasteiger partial charge on any atom is -0.193 e. The Morgan fingerprint density at radius 2 is 1.19 bits per heavy atom. The molecule has 4 heteroatoms. The smallest absolute Gasteiger partial charge is 0.138 e. The van der Waals surface area contributed by atoms with Gasteiger partial charge in [-0.25, -0.2) is 0 Å². The van der Waals surface area contributed by atoms with Crippen LogP contribution in [0.5, 0.6) is 0 Å². The number of fused-ring (bicyclic) bond motifs is 1. The lowest BCUT2D eigenvalue weighted by Gasteiger charge is -2.23. The van der Waals surface area contributed by atoms with E-state index in [1.54, 1.807) is 12.1 Å². The number of hydrogen-bond acceptors (Lipinski definition) is 4. The van der Waals surface area contributed by atoms with Gasteiger partial charge in [0.2, 0.25) is 0 Å². The summed E-state index contributed by atoms with van der Waals surface area (Å²) >= 11 is 0. The minimum atomic E-state index is -0.00887. The first-order chi connectivity index (χ1) is 21.1. The molecule has 0 aromatic heterocycles. The van der Waals surface area contributed by atoms with E-state index in [0.29, 0.717) is 23.1 Å². The minimum absolute atomic E-state index is 0.00887. The number of hydrogen-bond donors (Lipinski definition) is 0. The van der Waals surface area contributed by atoms with Crippen LogP contribution in [0.2, 0.25) is 0 Å². The summed E-state index contributed by atoms with van der Waals surface area (Å²) in [6.07, 6.45) is 4.38. The molecule has 2 aliphatic carbocycles. The van der Waals surface area contributed by atoms with Crippen LogP contribution >= 0.6 is 0 Å². The molecule has 2 aliphatic rings. The molecule has 6 rings (SSSR count). The van der Waals surface area contributed by atoms with Crippen molar-refractivity contribution < 1.29 is 0 Å². The molecule has 0 spiro atoms. The van der Waals surface area contributed by atoms with Crippen LogP contribution in [0.25, 0.3) is 33.4 Å². The van der Waals surface area contributed by atoms with Crippen LogP contribution in [0.1, 0.15) is 24.5 Å². The summed E-state index contributed by atoms with van der Waals surface area (Å²) in [5.41, 5.74) is 9.43. The second kappa shape index (κ2) is 11.4. The predicted molar refractivity (Wildman–Crippen MR) is 167 cm³/mol. The maximum atomic E-state index is 10.3. The number of allylic oxidation sites excluding steroid dienone is 6. The van der Waals surface area contributed by atoms with Crippen LogP contribution in [-0.2, 0) is 0 Å². The molecule has 0 saturated carbocycles. The zero-order valence-electron chi connectivity index (χ0n) is 23.5. The van der Waals surface area contributed by atoms with E-state index in [1.165, 1.54) is 0 Å². The van der Waals surface area contributed by atoms with Gasteiger partial charge >= 0.3 is 0 Å². The lowest BCUT2D eigenvalue weighted by atomic mass is 9.79. The first-order valence-electron chi connectivity index (χ1n) is 14.0. The van der Waals surface area contributed by atoms with Crippen LogP contribution in [0, 0.1) is 51.2 Å². The van der Waals surface area contributed by atoms with Gasteiger partial charge in [-0.3, -0.25) is 0 Å². The third-order valence-corrected chi connectivity index (χ3v) is 8.10. The maximum Gasteiger partial charge on any atom is 0.138 e. The van der Waals surface area contributed by atoms with Gasteiger partial charge in [0.15, 0.2) is 0 Å². The summed E-state index contributed by atoms with van der Waals surface area (Å²) in [5, 5.41) is 41.4. The molecule has 0 aliphatic heterocycles. The SMILES string of the molecule is CC1CC(C#N)=CC=C1C1=c2cc(-c3ccccc3)c(-c3ccccc3)cc2=C(c2ccc(C#N)cc2)C1=C(C#N)C#N. The van der Waals surface area contributed by atoms with Crippen molar-refractivity contribution in [1.82, 2.24) is 0 Å². The number of rotatable bonds is 4. The average Bonchev–Trinajstić information content (AvgIpc) is 3.39. The third-order valence-electron chi connectivity index (χ3n) is 8.10. The van der Waals surface area contributed by atoms with Crippen LogP contribution in [-0.4, -0.2) is 0 Å². The van der Waals surface area contributed by atoms with E-state index in [9.17, 15) is 21.0 Å². The van der Waals surface area contributed by atoms with Gasteiger partial charge in [-0.15, -0.1) is 0 Å². The highest BCUT2D eigenvalue weighted by molar-refractivity contribution is 6.04. The van der Waals surface area contributed by atoms with Gasteiger partial charge in [-0.05, 0) is 97.7 Å². The molecule has 0 radical (unpaired) electrons. The molecule has 0 heterocycles. The monoisotopic (exact) mass is 548 g/mol. The molecule has 1 unspecified atom stereocenters. The standard InChI is InChI=1S/C39H24N4/c1-25-18-27(22-41)14-17-32(25)39-36-20-34(29-10-6-3-7-11-29)33(28-8-4-2-5-9-28)19-35(36)37(38(39)31(23-42)24-43)30-15-12-26(21-40)13-16-30/h2-17,19-20,25H,18H2,1H3. The molecule has 0 amide bonds. The van der Waals surface area contributed by atoms with Crippen molar-refractivity contribution in [2.45, 2.75) is 13.3 Å². The largest absolute Gasteiger partial charge is 0.193 e. The van der Waals surface area contributed by atoms with Gasteiger partial charge < -0.3 is 0 Å². The van der Waals surface area contributed by atoms with E-state index < -0.39 is 0 Å². The summed E-state index contributed by atoms with van der Waals surface area (Å²) in [7, 11) is 0.